The summed E-state index contributed by atoms with van der Waals surface area (Å²) in [6, 6.07) is 6.16. The quantitative estimate of drug-likeness (QED) is 0.785. The van der Waals surface area contributed by atoms with Crippen LogP contribution in [-0.4, -0.2) is 47.7 Å². The van der Waals surface area contributed by atoms with Gasteiger partial charge in [0.25, 0.3) is 5.91 Å². The van der Waals surface area contributed by atoms with Crippen LogP contribution in [0, 0.1) is 17.8 Å². The predicted molar refractivity (Wildman–Crippen MR) is 85.9 cm³/mol. The maximum absolute atomic E-state index is 13.1. The van der Waals surface area contributed by atoms with Gasteiger partial charge in [0.2, 0.25) is 0 Å². The number of nitrogens with one attached hydrogen (secondary N) is 1. The van der Waals surface area contributed by atoms with Gasteiger partial charge in [-0.25, -0.2) is 0 Å². The van der Waals surface area contributed by atoms with E-state index in [0.717, 1.165) is 16.8 Å². The average Bonchev–Trinajstić information content (AvgIpc) is 2.73. The van der Waals surface area contributed by atoms with Gasteiger partial charge < -0.3 is 5.32 Å². The summed E-state index contributed by atoms with van der Waals surface area (Å²) in [5.41, 5.74) is 1.69. The van der Waals surface area contributed by atoms with E-state index in [1.165, 1.54) is 0 Å². The zero-order valence-electron chi connectivity index (χ0n) is 13.8. The zero-order chi connectivity index (χ0) is 16.2. The zero-order valence-corrected chi connectivity index (χ0v) is 13.8. The summed E-state index contributed by atoms with van der Waals surface area (Å²) in [6.07, 6.45) is 0. The lowest BCUT2D eigenvalue weighted by molar-refractivity contribution is -0.227. The Bertz CT molecular complexity index is 744. The Hall–Kier alpha value is -1.72. The minimum Gasteiger partial charge on any atom is -0.323 e. The van der Waals surface area contributed by atoms with Crippen LogP contribution in [0.2, 0.25) is 0 Å². The Morgan fingerprint density at radius 3 is 2.13 bits per heavy atom. The van der Waals surface area contributed by atoms with Gasteiger partial charge in [0.1, 0.15) is 5.78 Å². The van der Waals surface area contributed by atoms with Crippen LogP contribution in [0.3, 0.4) is 0 Å². The summed E-state index contributed by atoms with van der Waals surface area (Å²) in [7, 11) is 0. The van der Waals surface area contributed by atoms with Crippen LogP contribution in [0.4, 0.5) is 5.69 Å². The summed E-state index contributed by atoms with van der Waals surface area (Å²) in [4.78, 5) is 30.4. The van der Waals surface area contributed by atoms with Crippen LogP contribution in [-0.2, 0) is 15.3 Å². The second kappa shape index (κ2) is 3.68. The van der Waals surface area contributed by atoms with Gasteiger partial charge in [0, 0.05) is 37.4 Å². The van der Waals surface area contributed by atoms with Gasteiger partial charge >= 0.3 is 0 Å². The van der Waals surface area contributed by atoms with Crippen molar-refractivity contribution in [3.63, 3.8) is 0 Å². The van der Waals surface area contributed by atoms with Crippen molar-refractivity contribution in [2.45, 2.75) is 26.4 Å². The fourth-order valence-electron chi connectivity index (χ4n) is 5.59. The third kappa shape index (κ3) is 1.33. The van der Waals surface area contributed by atoms with Crippen LogP contribution < -0.4 is 5.32 Å². The van der Waals surface area contributed by atoms with Gasteiger partial charge in [-0.3, -0.25) is 19.4 Å². The molecular formula is C18H21N3O2. The predicted octanol–water partition coefficient (Wildman–Crippen LogP) is 1.33. The van der Waals surface area contributed by atoms with E-state index in [-0.39, 0.29) is 16.7 Å². The molecule has 1 amide bonds. The number of nitrogens with zero attached hydrogens (tertiary/aromatic N) is 2. The second-order valence-electron chi connectivity index (χ2n) is 8.34. The molecule has 5 nitrogen and oxygen atoms in total. The van der Waals surface area contributed by atoms with E-state index in [0.29, 0.717) is 32.0 Å². The lowest BCUT2D eigenvalue weighted by atomic mass is 9.60. The van der Waals surface area contributed by atoms with Crippen molar-refractivity contribution in [3.8, 4) is 0 Å². The summed E-state index contributed by atoms with van der Waals surface area (Å²) in [6.45, 7) is 8.84. The van der Waals surface area contributed by atoms with Gasteiger partial charge in [0.05, 0.1) is 10.8 Å². The Balaban J connectivity index is 1.74. The minimum absolute atomic E-state index is 0.0385. The van der Waals surface area contributed by atoms with E-state index in [9.17, 15) is 9.59 Å². The number of hydrogen-bond acceptors (Lipinski definition) is 4. The number of rotatable bonds is 0. The topological polar surface area (TPSA) is 52.7 Å². The molecule has 0 aliphatic carbocycles. The molecule has 5 aliphatic heterocycles. The van der Waals surface area contributed by atoms with Crippen molar-refractivity contribution in [1.29, 1.82) is 0 Å². The van der Waals surface area contributed by atoms with Crippen molar-refractivity contribution in [2.75, 3.05) is 31.5 Å². The van der Waals surface area contributed by atoms with Crippen LogP contribution in [0.1, 0.15) is 25.0 Å². The molecule has 23 heavy (non-hydrogen) atoms. The van der Waals surface area contributed by atoms with Crippen molar-refractivity contribution in [3.05, 3.63) is 29.3 Å². The first-order valence-corrected chi connectivity index (χ1v) is 8.27. The Morgan fingerprint density at radius 2 is 1.57 bits per heavy atom. The minimum atomic E-state index is -0.721. The molecule has 4 bridgehead atoms. The number of carbonyl (C=O) groups excluding carboxylic acids is 2. The van der Waals surface area contributed by atoms with E-state index in [2.05, 4.69) is 42.0 Å². The molecule has 0 aromatic heterocycles. The summed E-state index contributed by atoms with van der Waals surface area (Å²) < 4.78 is 0. The number of fused-ring (bicyclic) bond motifs is 1. The standard InChI is InChI=1S/C18H21N3O2/c1-11-4-5-13-12(6-11)18(15(23)19-13)20-7-16(2)8-21(18)10-17(3,9-20)14(16)22/h4-6H,7-10H2,1-3H3,(H,19,23). The number of hydrogen-bond donors (Lipinski definition) is 1. The molecule has 5 heterocycles. The highest BCUT2D eigenvalue weighted by atomic mass is 16.2. The van der Waals surface area contributed by atoms with Crippen molar-refractivity contribution >= 4 is 17.4 Å². The second-order valence-corrected chi connectivity index (χ2v) is 8.34. The first-order valence-electron chi connectivity index (χ1n) is 8.27. The van der Waals surface area contributed by atoms with Gasteiger partial charge in [-0.2, -0.15) is 0 Å². The maximum atomic E-state index is 13.1. The number of anilines is 1. The third-order valence-electron chi connectivity index (χ3n) is 6.29. The molecule has 1 aromatic rings. The molecule has 5 heteroatoms. The normalized spacial score (nSPS) is 46.4. The van der Waals surface area contributed by atoms with Gasteiger partial charge in [-0.1, -0.05) is 31.5 Å². The van der Waals surface area contributed by atoms with Crippen LogP contribution in [0.15, 0.2) is 18.2 Å². The fraction of sp³-hybridized carbons (Fsp3) is 0.556. The lowest BCUT2D eigenvalue weighted by Gasteiger charge is -2.67. The van der Waals surface area contributed by atoms with E-state index >= 15 is 0 Å². The SMILES string of the molecule is Cc1ccc2c(c1)C1(C(=O)N2)N2CC3(C)CN1CC(C)(C2)C3=O. The number of piperidine rings is 2. The highest BCUT2D eigenvalue weighted by Gasteiger charge is 2.71. The lowest BCUT2D eigenvalue weighted by Crippen LogP contribution is -2.83. The fourth-order valence-corrected chi connectivity index (χ4v) is 5.59. The number of ketones is 1. The molecule has 5 aliphatic rings. The van der Waals surface area contributed by atoms with Crippen molar-refractivity contribution in [2.24, 2.45) is 10.8 Å². The smallest absolute Gasteiger partial charge is 0.264 e. The Labute approximate surface area is 135 Å². The first kappa shape index (κ1) is 13.7. The molecule has 0 atom stereocenters. The summed E-state index contributed by atoms with van der Waals surface area (Å²) in [5.74, 6) is 0.409. The van der Waals surface area contributed by atoms with Crippen LogP contribution in [0.5, 0.6) is 0 Å². The molecule has 1 spiro atoms. The molecule has 120 valence electrons. The largest absolute Gasteiger partial charge is 0.323 e. The Morgan fingerprint density at radius 1 is 1.00 bits per heavy atom. The molecule has 1 aromatic carbocycles. The van der Waals surface area contributed by atoms with E-state index in [1.807, 2.05) is 12.1 Å². The van der Waals surface area contributed by atoms with Crippen molar-refractivity contribution in [1.82, 2.24) is 9.80 Å². The number of carbonyl (C=O) groups is 2. The van der Waals surface area contributed by atoms with Crippen LogP contribution >= 0.6 is 0 Å². The number of Topliss-reactive ketones (excluding diaryl/α,β-unsaturated/α-hetero) is 1. The van der Waals surface area contributed by atoms with Gasteiger partial charge in [-0.15, -0.1) is 0 Å². The molecule has 1 N–H and O–H groups in total. The monoisotopic (exact) mass is 311 g/mol. The number of benzene rings is 1. The summed E-state index contributed by atoms with van der Waals surface area (Å²) >= 11 is 0. The van der Waals surface area contributed by atoms with E-state index in [1.54, 1.807) is 0 Å². The number of aryl methyl sites for hydroxylation is 1. The molecule has 0 radical (unpaired) electrons. The van der Waals surface area contributed by atoms with Crippen molar-refractivity contribution < 1.29 is 9.59 Å². The third-order valence-corrected chi connectivity index (χ3v) is 6.29. The summed E-state index contributed by atoms with van der Waals surface area (Å²) in [5, 5.41) is 3.07. The maximum Gasteiger partial charge on any atom is 0.264 e. The molecule has 4 fully saturated rings. The highest BCUT2D eigenvalue weighted by Crippen LogP contribution is 2.57. The molecule has 0 saturated carbocycles. The molecule has 6 rings (SSSR count). The molecular weight excluding hydrogens is 290 g/mol. The average molecular weight is 311 g/mol. The van der Waals surface area contributed by atoms with Gasteiger partial charge in [0.15, 0.2) is 5.66 Å². The molecule has 0 unspecified atom stereocenters. The van der Waals surface area contributed by atoms with Crippen LogP contribution in [0.25, 0.3) is 0 Å². The van der Waals surface area contributed by atoms with E-state index in [4.69, 9.17) is 0 Å². The first-order chi connectivity index (χ1) is 10.8. The molecule has 4 saturated heterocycles. The van der Waals surface area contributed by atoms with E-state index < -0.39 is 5.66 Å². The number of amides is 1. The van der Waals surface area contributed by atoms with Gasteiger partial charge in [-0.05, 0) is 13.0 Å². The Kier molecular flexibility index (Phi) is 2.19. The highest BCUT2D eigenvalue weighted by molar-refractivity contribution is 6.07.